The Hall–Kier alpha value is -3.07. The molecule has 1 saturated heterocycles. The van der Waals surface area contributed by atoms with Gasteiger partial charge in [0.05, 0.1) is 18.1 Å². The molecule has 4 heterocycles. The summed E-state index contributed by atoms with van der Waals surface area (Å²) < 4.78 is 2.05. The monoisotopic (exact) mass is 394 g/mol. The Bertz CT molecular complexity index is 1040. The van der Waals surface area contributed by atoms with Gasteiger partial charge in [0.25, 0.3) is 5.91 Å². The summed E-state index contributed by atoms with van der Waals surface area (Å²) in [5, 5.41) is 3.62. The molecule has 1 aliphatic rings. The molecule has 0 spiro atoms. The van der Waals surface area contributed by atoms with Crippen molar-refractivity contribution in [3.05, 3.63) is 47.6 Å². The molecule has 1 atom stereocenters. The van der Waals surface area contributed by atoms with Crippen LogP contribution in [0.15, 0.2) is 24.8 Å². The first-order valence-electron chi connectivity index (χ1n) is 9.75. The summed E-state index contributed by atoms with van der Waals surface area (Å²) in [5.74, 6) is 0.932. The summed E-state index contributed by atoms with van der Waals surface area (Å²) in [6.45, 7) is 6.41. The summed E-state index contributed by atoms with van der Waals surface area (Å²) in [5.41, 5.74) is 3.82. The molecule has 1 amide bonds. The van der Waals surface area contributed by atoms with E-state index in [-0.39, 0.29) is 11.7 Å². The number of rotatable bonds is 5. The maximum atomic E-state index is 12.3. The van der Waals surface area contributed by atoms with Gasteiger partial charge < -0.3 is 15.1 Å². The number of hydrogen-bond acceptors (Lipinski definition) is 7. The third-order valence-electron chi connectivity index (χ3n) is 5.41. The van der Waals surface area contributed by atoms with Crippen LogP contribution in [0.2, 0.25) is 0 Å². The van der Waals surface area contributed by atoms with E-state index in [2.05, 4.69) is 30.2 Å². The number of aryl methyl sites for hydroxylation is 1. The molecule has 3 aromatic heterocycles. The average Bonchev–Trinajstić information content (AvgIpc) is 3.34. The van der Waals surface area contributed by atoms with Crippen molar-refractivity contribution in [3.63, 3.8) is 0 Å². The molecule has 0 saturated carbocycles. The van der Waals surface area contributed by atoms with E-state index in [1.54, 1.807) is 26.5 Å². The largest absolute Gasteiger partial charge is 0.355 e. The van der Waals surface area contributed by atoms with Crippen LogP contribution in [0, 0.1) is 13.8 Å². The standard InChI is InChI=1S/C20H26N8O/c1-13-14(2)24-18(20(29)26(3)4)25-19(13)27-7-5-15(12-27)22-9-16-10-23-17-11-21-6-8-28(16)17/h6,8,10-11,15,22H,5,7,9,12H2,1-4H3/t15-/m1/s1. The van der Waals surface area contributed by atoms with E-state index in [4.69, 9.17) is 0 Å². The Kier molecular flexibility index (Phi) is 5.14. The lowest BCUT2D eigenvalue weighted by molar-refractivity contribution is 0.0815. The summed E-state index contributed by atoms with van der Waals surface area (Å²) in [7, 11) is 3.43. The molecular weight excluding hydrogens is 368 g/mol. The maximum Gasteiger partial charge on any atom is 0.291 e. The fourth-order valence-electron chi connectivity index (χ4n) is 3.61. The molecule has 9 heteroatoms. The van der Waals surface area contributed by atoms with Gasteiger partial charge in [-0.2, -0.15) is 0 Å². The van der Waals surface area contributed by atoms with Crippen molar-refractivity contribution in [2.24, 2.45) is 0 Å². The number of carbonyl (C=O) groups is 1. The maximum absolute atomic E-state index is 12.3. The van der Waals surface area contributed by atoms with E-state index in [9.17, 15) is 4.79 Å². The van der Waals surface area contributed by atoms with E-state index < -0.39 is 0 Å². The normalized spacial score (nSPS) is 16.6. The van der Waals surface area contributed by atoms with Gasteiger partial charge in [-0.25, -0.2) is 15.0 Å². The number of carbonyl (C=O) groups excluding carboxylic acids is 1. The van der Waals surface area contributed by atoms with Gasteiger partial charge >= 0.3 is 0 Å². The molecular formula is C20H26N8O. The van der Waals surface area contributed by atoms with Crippen molar-refractivity contribution in [1.82, 2.24) is 34.6 Å². The Labute approximate surface area is 169 Å². The van der Waals surface area contributed by atoms with Crippen LogP contribution in [-0.2, 0) is 6.54 Å². The Morgan fingerprint density at radius 2 is 2.10 bits per heavy atom. The zero-order valence-corrected chi connectivity index (χ0v) is 17.3. The van der Waals surface area contributed by atoms with E-state index in [0.717, 1.165) is 54.5 Å². The second-order valence-corrected chi connectivity index (χ2v) is 7.65. The number of fused-ring (bicyclic) bond motifs is 1. The molecule has 152 valence electrons. The fraction of sp³-hybridized carbons (Fsp3) is 0.450. The number of anilines is 1. The minimum Gasteiger partial charge on any atom is -0.355 e. The van der Waals surface area contributed by atoms with Crippen LogP contribution in [0.4, 0.5) is 5.82 Å². The van der Waals surface area contributed by atoms with Gasteiger partial charge in [0, 0.05) is 63.4 Å². The minimum absolute atomic E-state index is 0.176. The first kappa shape index (κ1) is 19.3. The Morgan fingerprint density at radius 1 is 1.28 bits per heavy atom. The molecule has 9 nitrogen and oxygen atoms in total. The second-order valence-electron chi connectivity index (χ2n) is 7.65. The SMILES string of the molecule is Cc1nc(C(=O)N(C)C)nc(N2CC[C@@H](NCc3cnc4cnccn34)C2)c1C. The molecule has 3 aromatic rings. The predicted octanol–water partition coefficient (Wildman–Crippen LogP) is 1.21. The van der Waals surface area contributed by atoms with Gasteiger partial charge in [-0.15, -0.1) is 0 Å². The molecule has 0 aliphatic carbocycles. The van der Waals surface area contributed by atoms with Crippen molar-refractivity contribution in [1.29, 1.82) is 0 Å². The van der Waals surface area contributed by atoms with E-state index in [0.29, 0.717) is 6.04 Å². The molecule has 0 bridgehead atoms. The van der Waals surface area contributed by atoms with Crippen LogP contribution in [-0.4, -0.2) is 68.4 Å². The first-order chi connectivity index (χ1) is 13.9. The number of nitrogens with zero attached hydrogens (tertiary/aromatic N) is 7. The Morgan fingerprint density at radius 3 is 2.90 bits per heavy atom. The third-order valence-corrected chi connectivity index (χ3v) is 5.41. The molecule has 1 aliphatic heterocycles. The van der Waals surface area contributed by atoms with Crippen LogP contribution >= 0.6 is 0 Å². The summed E-state index contributed by atoms with van der Waals surface area (Å²) in [4.78, 5) is 33.6. The van der Waals surface area contributed by atoms with Gasteiger partial charge in [0.15, 0.2) is 5.65 Å². The molecule has 0 radical (unpaired) electrons. The lowest BCUT2D eigenvalue weighted by Gasteiger charge is -2.22. The van der Waals surface area contributed by atoms with Crippen molar-refractivity contribution < 1.29 is 4.79 Å². The lowest BCUT2D eigenvalue weighted by atomic mass is 10.2. The number of aromatic nitrogens is 5. The summed E-state index contributed by atoms with van der Waals surface area (Å²) >= 11 is 0. The van der Waals surface area contributed by atoms with Crippen LogP contribution in [0.3, 0.4) is 0 Å². The highest BCUT2D eigenvalue weighted by Crippen LogP contribution is 2.24. The quantitative estimate of drug-likeness (QED) is 0.695. The zero-order valence-electron chi connectivity index (χ0n) is 17.3. The van der Waals surface area contributed by atoms with Crippen molar-refractivity contribution in [3.8, 4) is 0 Å². The van der Waals surface area contributed by atoms with Gasteiger partial charge in [-0.3, -0.25) is 14.2 Å². The summed E-state index contributed by atoms with van der Waals surface area (Å²) in [6.07, 6.45) is 8.35. The highest BCUT2D eigenvalue weighted by Gasteiger charge is 2.26. The van der Waals surface area contributed by atoms with Gasteiger partial charge in [-0.1, -0.05) is 0 Å². The minimum atomic E-state index is -0.176. The zero-order chi connectivity index (χ0) is 20.5. The van der Waals surface area contributed by atoms with Crippen molar-refractivity contribution in [2.75, 3.05) is 32.1 Å². The second kappa shape index (κ2) is 7.75. The molecule has 1 fully saturated rings. The molecule has 0 unspecified atom stereocenters. The average molecular weight is 394 g/mol. The van der Waals surface area contributed by atoms with E-state index in [1.807, 2.05) is 30.6 Å². The highest BCUT2D eigenvalue weighted by atomic mass is 16.2. The molecule has 1 N–H and O–H groups in total. The molecule has 29 heavy (non-hydrogen) atoms. The highest BCUT2D eigenvalue weighted by molar-refractivity contribution is 5.90. The van der Waals surface area contributed by atoms with Gasteiger partial charge in [0.2, 0.25) is 5.82 Å². The predicted molar refractivity (Wildman–Crippen MR) is 110 cm³/mol. The van der Waals surface area contributed by atoms with Crippen LogP contribution < -0.4 is 10.2 Å². The number of nitrogens with one attached hydrogen (secondary N) is 1. The van der Waals surface area contributed by atoms with Crippen LogP contribution in [0.1, 0.15) is 34.0 Å². The van der Waals surface area contributed by atoms with E-state index in [1.165, 1.54) is 4.90 Å². The van der Waals surface area contributed by atoms with Crippen molar-refractivity contribution in [2.45, 2.75) is 32.9 Å². The summed E-state index contributed by atoms with van der Waals surface area (Å²) in [6, 6.07) is 0.338. The Balaban J connectivity index is 1.46. The van der Waals surface area contributed by atoms with Crippen molar-refractivity contribution >= 4 is 17.4 Å². The lowest BCUT2D eigenvalue weighted by Crippen LogP contribution is -2.33. The van der Waals surface area contributed by atoms with Gasteiger partial charge in [0.1, 0.15) is 5.82 Å². The van der Waals surface area contributed by atoms with Crippen LogP contribution in [0.25, 0.3) is 5.65 Å². The topological polar surface area (TPSA) is 91.5 Å². The molecule has 0 aromatic carbocycles. The first-order valence-corrected chi connectivity index (χ1v) is 9.75. The van der Waals surface area contributed by atoms with Gasteiger partial charge in [-0.05, 0) is 20.3 Å². The number of hydrogen-bond donors (Lipinski definition) is 1. The third kappa shape index (κ3) is 3.77. The smallest absolute Gasteiger partial charge is 0.291 e. The number of imidazole rings is 1. The van der Waals surface area contributed by atoms with E-state index >= 15 is 0 Å². The fourth-order valence-corrected chi connectivity index (χ4v) is 3.61. The molecule has 4 rings (SSSR count). The van der Waals surface area contributed by atoms with Crippen LogP contribution in [0.5, 0.6) is 0 Å². The number of amides is 1.